The molecule has 0 unspecified atom stereocenters. The maximum Gasteiger partial charge on any atom is 0.408 e. The molecule has 0 saturated heterocycles. The molecule has 98 valence electrons. The minimum Gasteiger partial charge on any atom is -0.444 e. The van der Waals surface area contributed by atoms with Gasteiger partial charge in [-0.3, -0.25) is 0 Å². The fourth-order valence-corrected chi connectivity index (χ4v) is 1.46. The van der Waals surface area contributed by atoms with Gasteiger partial charge in [0.05, 0.1) is 6.04 Å². The van der Waals surface area contributed by atoms with Gasteiger partial charge in [-0.2, -0.15) is 0 Å². The van der Waals surface area contributed by atoms with E-state index in [4.69, 9.17) is 15.7 Å². The molecule has 6 heteroatoms. The van der Waals surface area contributed by atoms with Crippen LogP contribution in [0.2, 0.25) is 0 Å². The Morgan fingerprint density at radius 2 is 2.18 bits per heavy atom. The number of nitrogens with zero attached hydrogens (tertiary/aromatic N) is 1. The molecule has 0 aliphatic heterocycles. The van der Waals surface area contributed by atoms with Crippen LogP contribution in [0.25, 0.3) is 0 Å². The molecule has 1 amide bonds. The first-order chi connectivity index (χ1) is 7.81. The molecule has 0 aromatic carbocycles. The highest BCUT2D eigenvalue weighted by Gasteiger charge is 2.29. The third-order valence-corrected chi connectivity index (χ3v) is 2.43. The van der Waals surface area contributed by atoms with Crippen LogP contribution in [0.1, 0.15) is 40.0 Å². The van der Waals surface area contributed by atoms with Crippen LogP contribution in [0.15, 0.2) is 5.16 Å². The molecule has 1 rings (SSSR count). The van der Waals surface area contributed by atoms with E-state index in [1.165, 1.54) is 0 Å². The lowest BCUT2D eigenvalue weighted by molar-refractivity contribution is 0.0514. The fourth-order valence-electron chi connectivity index (χ4n) is 1.46. The summed E-state index contributed by atoms with van der Waals surface area (Å²) in [7, 11) is 0. The molecule has 1 aliphatic rings. The Hall–Kier alpha value is -1.46. The summed E-state index contributed by atoms with van der Waals surface area (Å²) in [5.41, 5.74) is 4.98. The highest BCUT2D eigenvalue weighted by atomic mass is 16.6. The Bertz CT molecular complexity index is 306. The first kappa shape index (κ1) is 13.6. The van der Waals surface area contributed by atoms with Gasteiger partial charge < -0.3 is 21.0 Å². The van der Waals surface area contributed by atoms with Crippen LogP contribution in [-0.2, 0) is 4.74 Å². The van der Waals surface area contributed by atoms with E-state index >= 15 is 0 Å². The summed E-state index contributed by atoms with van der Waals surface area (Å²) < 4.78 is 5.12. The normalized spacial score (nSPS) is 18.6. The van der Waals surface area contributed by atoms with E-state index in [2.05, 4.69) is 10.5 Å². The minimum absolute atomic E-state index is 0.0164. The summed E-state index contributed by atoms with van der Waals surface area (Å²) in [6.45, 7) is 5.35. The van der Waals surface area contributed by atoms with Crippen molar-refractivity contribution in [3.63, 3.8) is 0 Å². The van der Waals surface area contributed by atoms with Crippen LogP contribution in [-0.4, -0.2) is 28.8 Å². The van der Waals surface area contributed by atoms with E-state index in [-0.39, 0.29) is 5.84 Å². The number of ether oxygens (including phenoxy) is 1. The van der Waals surface area contributed by atoms with Gasteiger partial charge >= 0.3 is 6.09 Å². The summed E-state index contributed by atoms with van der Waals surface area (Å²) in [4.78, 5) is 11.6. The Morgan fingerprint density at radius 1 is 1.59 bits per heavy atom. The van der Waals surface area contributed by atoms with Crippen molar-refractivity contribution in [2.75, 3.05) is 0 Å². The average Bonchev–Trinajstić information content (AvgIpc) is 2.96. The molecule has 0 aromatic heterocycles. The van der Waals surface area contributed by atoms with Crippen LogP contribution >= 0.6 is 0 Å². The van der Waals surface area contributed by atoms with E-state index in [1.54, 1.807) is 20.8 Å². The molecule has 17 heavy (non-hydrogen) atoms. The minimum atomic E-state index is -0.556. The maximum atomic E-state index is 11.6. The maximum absolute atomic E-state index is 11.6. The van der Waals surface area contributed by atoms with Crippen LogP contribution in [0.3, 0.4) is 0 Å². The van der Waals surface area contributed by atoms with Crippen molar-refractivity contribution in [3.05, 3.63) is 0 Å². The van der Waals surface area contributed by atoms with E-state index < -0.39 is 17.7 Å². The standard InChI is InChI=1S/C11H21N3O3/c1-11(2,3)17-10(15)13-8(9(12)14-16)6-7-4-5-7/h7-8,16H,4-6H2,1-3H3,(H2,12,14)(H,13,15)/t8-/m0/s1. The van der Waals surface area contributed by atoms with Gasteiger partial charge in [-0.05, 0) is 33.1 Å². The van der Waals surface area contributed by atoms with Crippen molar-refractivity contribution in [2.24, 2.45) is 16.8 Å². The Kier molecular flexibility index (Phi) is 4.20. The van der Waals surface area contributed by atoms with Gasteiger partial charge in [-0.1, -0.05) is 18.0 Å². The Balaban J connectivity index is 2.50. The number of amides is 1. The van der Waals surface area contributed by atoms with Crippen molar-refractivity contribution in [2.45, 2.75) is 51.7 Å². The zero-order valence-electron chi connectivity index (χ0n) is 10.6. The number of hydrogen-bond donors (Lipinski definition) is 3. The zero-order chi connectivity index (χ0) is 13.1. The van der Waals surface area contributed by atoms with Crippen molar-refractivity contribution in [3.8, 4) is 0 Å². The second-order valence-corrected chi connectivity index (χ2v) is 5.40. The van der Waals surface area contributed by atoms with Crippen molar-refractivity contribution >= 4 is 11.9 Å². The van der Waals surface area contributed by atoms with Gasteiger partial charge in [-0.15, -0.1) is 0 Å². The number of hydrogen-bond acceptors (Lipinski definition) is 4. The van der Waals surface area contributed by atoms with Crippen LogP contribution in [0, 0.1) is 5.92 Å². The lowest BCUT2D eigenvalue weighted by Crippen LogP contribution is -2.46. The lowest BCUT2D eigenvalue weighted by Gasteiger charge is -2.23. The molecule has 1 atom stereocenters. The molecule has 1 saturated carbocycles. The van der Waals surface area contributed by atoms with E-state index in [9.17, 15) is 4.79 Å². The number of oxime groups is 1. The third-order valence-electron chi connectivity index (χ3n) is 2.43. The molecule has 0 bridgehead atoms. The van der Waals surface area contributed by atoms with Gasteiger partial charge in [0.2, 0.25) is 0 Å². The summed E-state index contributed by atoms with van der Waals surface area (Å²) in [5, 5.41) is 14.2. The SMILES string of the molecule is CC(C)(C)OC(=O)N[C@@H](CC1CC1)/C(N)=N/O. The summed E-state index contributed by atoms with van der Waals surface area (Å²) >= 11 is 0. The molecular formula is C11H21N3O3. The average molecular weight is 243 g/mol. The molecule has 4 N–H and O–H groups in total. The van der Waals surface area contributed by atoms with Gasteiger partial charge in [0.1, 0.15) is 5.60 Å². The second-order valence-electron chi connectivity index (χ2n) is 5.40. The van der Waals surface area contributed by atoms with Gasteiger partial charge in [-0.25, -0.2) is 4.79 Å². The molecule has 1 aliphatic carbocycles. The molecule has 6 nitrogen and oxygen atoms in total. The van der Waals surface area contributed by atoms with E-state index in [0.29, 0.717) is 12.3 Å². The Labute approximate surface area is 101 Å². The molecule has 0 heterocycles. The van der Waals surface area contributed by atoms with E-state index in [0.717, 1.165) is 12.8 Å². The number of amidine groups is 1. The van der Waals surface area contributed by atoms with Crippen LogP contribution < -0.4 is 11.1 Å². The number of nitrogens with one attached hydrogen (secondary N) is 1. The zero-order valence-corrected chi connectivity index (χ0v) is 10.6. The first-order valence-corrected chi connectivity index (χ1v) is 5.78. The Morgan fingerprint density at radius 3 is 2.59 bits per heavy atom. The molecule has 1 fully saturated rings. The predicted molar refractivity (Wildman–Crippen MR) is 63.9 cm³/mol. The number of carbonyl (C=O) groups is 1. The quantitative estimate of drug-likeness (QED) is 0.301. The number of alkyl carbamates (subject to hydrolysis) is 1. The monoisotopic (exact) mass is 243 g/mol. The molecular weight excluding hydrogens is 222 g/mol. The number of carbonyl (C=O) groups excluding carboxylic acids is 1. The van der Waals surface area contributed by atoms with E-state index in [1.807, 2.05) is 0 Å². The topological polar surface area (TPSA) is 96.9 Å². The highest BCUT2D eigenvalue weighted by molar-refractivity contribution is 5.88. The summed E-state index contributed by atoms with van der Waals surface area (Å²) in [6, 6.07) is -0.456. The van der Waals surface area contributed by atoms with Crippen LogP contribution in [0.5, 0.6) is 0 Å². The predicted octanol–water partition coefficient (Wildman–Crippen LogP) is 1.43. The van der Waals surface area contributed by atoms with Gasteiger partial charge in [0.25, 0.3) is 0 Å². The van der Waals surface area contributed by atoms with Crippen molar-refractivity contribution < 1.29 is 14.7 Å². The van der Waals surface area contributed by atoms with Crippen LogP contribution in [0.4, 0.5) is 4.79 Å². The van der Waals surface area contributed by atoms with Gasteiger partial charge in [0, 0.05) is 0 Å². The fraction of sp³-hybridized carbons (Fsp3) is 0.818. The molecule has 0 radical (unpaired) electrons. The number of nitrogens with two attached hydrogens (primary N) is 1. The molecule has 0 aromatic rings. The highest BCUT2D eigenvalue weighted by Crippen LogP contribution is 2.33. The smallest absolute Gasteiger partial charge is 0.408 e. The summed E-state index contributed by atoms with van der Waals surface area (Å²) in [6.07, 6.45) is 2.40. The molecule has 0 spiro atoms. The lowest BCUT2D eigenvalue weighted by atomic mass is 10.1. The number of rotatable bonds is 4. The van der Waals surface area contributed by atoms with Gasteiger partial charge in [0.15, 0.2) is 5.84 Å². The summed E-state index contributed by atoms with van der Waals surface area (Å²) in [5.74, 6) is 0.568. The second kappa shape index (κ2) is 5.25. The van der Waals surface area contributed by atoms with Crippen molar-refractivity contribution in [1.82, 2.24) is 5.32 Å². The first-order valence-electron chi connectivity index (χ1n) is 5.78. The van der Waals surface area contributed by atoms with Crippen molar-refractivity contribution in [1.29, 1.82) is 0 Å². The largest absolute Gasteiger partial charge is 0.444 e. The third kappa shape index (κ3) is 5.42.